The first-order valence-electron chi connectivity index (χ1n) is 4.70. The van der Waals surface area contributed by atoms with Gasteiger partial charge in [0.1, 0.15) is 11.7 Å². The SMILES string of the molecule is COC(OC)C1CCC(=O)C(C#N)C1. The first kappa shape index (κ1) is 11.2. The average molecular weight is 197 g/mol. The second kappa shape index (κ2) is 5.08. The number of carbonyl (C=O) groups is 1. The van der Waals surface area contributed by atoms with E-state index < -0.39 is 5.92 Å². The highest BCUT2D eigenvalue weighted by molar-refractivity contribution is 5.83. The Morgan fingerprint density at radius 2 is 2.14 bits per heavy atom. The van der Waals surface area contributed by atoms with E-state index >= 15 is 0 Å². The number of hydrogen-bond donors (Lipinski definition) is 0. The zero-order valence-electron chi connectivity index (χ0n) is 8.53. The van der Waals surface area contributed by atoms with E-state index in [1.807, 2.05) is 6.07 Å². The van der Waals surface area contributed by atoms with Crippen LogP contribution in [0.15, 0.2) is 0 Å². The summed E-state index contributed by atoms with van der Waals surface area (Å²) in [7, 11) is 3.15. The van der Waals surface area contributed by atoms with Crippen LogP contribution < -0.4 is 0 Å². The van der Waals surface area contributed by atoms with Crippen molar-refractivity contribution in [2.24, 2.45) is 11.8 Å². The van der Waals surface area contributed by atoms with Crippen molar-refractivity contribution in [3.63, 3.8) is 0 Å². The molecule has 0 bridgehead atoms. The van der Waals surface area contributed by atoms with Crippen molar-refractivity contribution in [3.05, 3.63) is 0 Å². The van der Waals surface area contributed by atoms with Crippen molar-refractivity contribution in [1.82, 2.24) is 0 Å². The molecule has 0 aromatic carbocycles. The molecule has 78 valence electrons. The van der Waals surface area contributed by atoms with Gasteiger partial charge in [-0.05, 0) is 12.8 Å². The predicted octanol–water partition coefficient (Wildman–Crippen LogP) is 1.11. The summed E-state index contributed by atoms with van der Waals surface area (Å²) in [6.45, 7) is 0. The summed E-state index contributed by atoms with van der Waals surface area (Å²) in [4.78, 5) is 11.3. The highest BCUT2D eigenvalue weighted by atomic mass is 16.7. The van der Waals surface area contributed by atoms with Gasteiger partial charge in [0.15, 0.2) is 6.29 Å². The zero-order valence-corrected chi connectivity index (χ0v) is 8.53. The molecule has 1 saturated carbocycles. The summed E-state index contributed by atoms with van der Waals surface area (Å²) >= 11 is 0. The number of carbonyl (C=O) groups excluding carboxylic acids is 1. The molecule has 2 unspecified atom stereocenters. The van der Waals surface area contributed by atoms with E-state index in [1.54, 1.807) is 14.2 Å². The number of ketones is 1. The summed E-state index contributed by atoms with van der Waals surface area (Å²) in [6, 6.07) is 2.03. The highest BCUT2D eigenvalue weighted by Gasteiger charge is 2.33. The molecule has 0 radical (unpaired) electrons. The van der Waals surface area contributed by atoms with E-state index in [1.165, 1.54) is 0 Å². The molecule has 1 aliphatic rings. The van der Waals surface area contributed by atoms with E-state index in [-0.39, 0.29) is 18.0 Å². The number of nitrogens with zero attached hydrogens (tertiary/aromatic N) is 1. The summed E-state index contributed by atoms with van der Waals surface area (Å²) < 4.78 is 10.2. The van der Waals surface area contributed by atoms with Crippen molar-refractivity contribution in [3.8, 4) is 6.07 Å². The van der Waals surface area contributed by atoms with Crippen LogP contribution in [0.25, 0.3) is 0 Å². The largest absolute Gasteiger partial charge is 0.356 e. The van der Waals surface area contributed by atoms with E-state index in [4.69, 9.17) is 14.7 Å². The molecule has 1 rings (SSSR count). The monoisotopic (exact) mass is 197 g/mol. The van der Waals surface area contributed by atoms with Gasteiger partial charge in [-0.1, -0.05) is 0 Å². The van der Waals surface area contributed by atoms with Crippen molar-refractivity contribution < 1.29 is 14.3 Å². The zero-order chi connectivity index (χ0) is 10.6. The second-order valence-corrected chi connectivity index (χ2v) is 3.52. The smallest absolute Gasteiger partial charge is 0.159 e. The van der Waals surface area contributed by atoms with Crippen molar-refractivity contribution in [1.29, 1.82) is 5.26 Å². The minimum absolute atomic E-state index is 0.0507. The first-order chi connectivity index (χ1) is 6.72. The Morgan fingerprint density at radius 1 is 1.50 bits per heavy atom. The van der Waals surface area contributed by atoms with E-state index in [0.717, 1.165) is 6.42 Å². The van der Waals surface area contributed by atoms with Gasteiger partial charge < -0.3 is 9.47 Å². The summed E-state index contributed by atoms with van der Waals surface area (Å²) in [5.41, 5.74) is 0. The summed E-state index contributed by atoms with van der Waals surface area (Å²) in [5, 5.41) is 8.75. The first-order valence-corrected chi connectivity index (χ1v) is 4.70. The molecule has 2 atom stereocenters. The molecule has 4 heteroatoms. The standard InChI is InChI=1S/C10H15NO3/c1-13-10(14-2)7-3-4-9(12)8(5-7)6-11/h7-8,10H,3-5H2,1-2H3. The highest BCUT2D eigenvalue weighted by Crippen LogP contribution is 2.29. The Bertz CT molecular complexity index is 242. The van der Waals surface area contributed by atoms with Crippen molar-refractivity contribution in [2.75, 3.05) is 14.2 Å². The molecule has 0 N–H and O–H groups in total. The van der Waals surface area contributed by atoms with Gasteiger partial charge in [-0.3, -0.25) is 4.79 Å². The molecule has 4 nitrogen and oxygen atoms in total. The average Bonchev–Trinajstić information content (AvgIpc) is 2.22. The fraction of sp³-hybridized carbons (Fsp3) is 0.800. The van der Waals surface area contributed by atoms with Crippen molar-refractivity contribution >= 4 is 5.78 Å². The molecule has 14 heavy (non-hydrogen) atoms. The second-order valence-electron chi connectivity index (χ2n) is 3.52. The Hall–Kier alpha value is -0.920. The van der Waals surface area contributed by atoms with Crippen LogP contribution in [0.2, 0.25) is 0 Å². The number of ether oxygens (including phenoxy) is 2. The molecule has 0 saturated heterocycles. The van der Waals surface area contributed by atoms with Gasteiger partial charge in [0.25, 0.3) is 0 Å². The Morgan fingerprint density at radius 3 is 2.64 bits per heavy atom. The number of nitriles is 1. The molecule has 0 heterocycles. The van der Waals surface area contributed by atoms with Gasteiger partial charge in [-0.25, -0.2) is 0 Å². The lowest BCUT2D eigenvalue weighted by Gasteiger charge is -2.29. The Balaban J connectivity index is 2.58. The van der Waals surface area contributed by atoms with Crippen LogP contribution in [0, 0.1) is 23.2 Å². The van der Waals surface area contributed by atoms with Gasteiger partial charge >= 0.3 is 0 Å². The third-order valence-corrected chi connectivity index (χ3v) is 2.69. The Kier molecular flexibility index (Phi) is 4.05. The third-order valence-electron chi connectivity index (χ3n) is 2.69. The minimum Gasteiger partial charge on any atom is -0.356 e. The number of methoxy groups -OCH3 is 2. The van der Waals surface area contributed by atoms with Crippen LogP contribution in [0.5, 0.6) is 0 Å². The van der Waals surface area contributed by atoms with Gasteiger partial charge in [0.05, 0.1) is 6.07 Å². The third kappa shape index (κ3) is 2.31. The van der Waals surface area contributed by atoms with Gasteiger partial charge in [-0.15, -0.1) is 0 Å². The topological polar surface area (TPSA) is 59.3 Å². The molecule has 1 aliphatic carbocycles. The fourth-order valence-corrected chi connectivity index (χ4v) is 1.91. The van der Waals surface area contributed by atoms with Crippen LogP contribution in [-0.4, -0.2) is 26.3 Å². The van der Waals surface area contributed by atoms with Crippen LogP contribution in [0.3, 0.4) is 0 Å². The van der Waals surface area contributed by atoms with Crippen LogP contribution >= 0.6 is 0 Å². The number of Topliss-reactive ketones (excluding diaryl/α,β-unsaturated/α-hetero) is 1. The van der Waals surface area contributed by atoms with E-state index in [2.05, 4.69) is 0 Å². The maximum absolute atomic E-state index is 11.3. The Labute approximate surface area is 83.8 Å². The minimum atomic E-state index is -0.471. The normalized spacial score (nSPS) is 27.7. The van der Waals surface area contributed by atoms with Crippen molar-refractivity contribution in [2.45, 2.75) is 25.6 Å². The van der Waals surface area contributed by atoms with E-state index in [0.29, 0.717) is 12.8 Å². The van der Waals surface area contributed by atoms with Crippen LogP contribution in [-0.2, 0) is 14.3 Å². The lowest BCUT2D eigenvalue weighted by atomic mass is 9.81. The van der Waals surface area contributed by atoms with Crippen LogP contribution in [0.4, 0.5) is 0 Å². The molecule has 0 amide bonds. The molecular weight excluding hydrogens is 182 g/mol. The maximum atomic E-state index is 11.3. The molecule has 1 fully saturated rings. The quantitative estimate of drug-likeness (QED) is 0.636. The number of rotatable bonds is 3. The number of hydrogen-bond acceptors (Lipinski definition) is 4. The molecule has 0 aromatic rings. The summed E-state index contributed by atoms with van der Waals surface area (Å²) in [6.07, 6.45) is 1.48. The fourth-order valence-electron chi connectivity index (χ4n) is 1.91. The van der Waals surface area contributed by atoms with Gasteiger partial charge in [0.2, 0.25) is 0 Å². The van der Waals surface area contributed by atoms with Gasteiger partial charge in [-0.2, -0.15) is 5.26 Å². The molecule has 0 aromatic heterocycles. The van der Waals surface area contributed by atoms with E-state index in [9.17, 15) is 4.79 Å². The summed E-state index contributed by atoms with van der Waals surface area (Å²) in [5.74, 6) is -0.261. The molecular formula is C10H15NO3. The van der Waals surface area contributed by atoms with Gasteiger partial charge in [0, 0.05) is 26.6 Å². The predicted molar refractivity (Wildman–Crippen MR) is 49.3 cm³/mol. The molecule has 0 spiro atoms. The molecule has 0 aliphatic heterocycles. The lowest BCUT2D eigenvalue weighted by molar-refractivity contribution is -0.151. The lowest BCUT2D eigenvalue weighted by Crippen LogP contribution is -2.33. The maximum Gasteiger partial charge on any atom is 0.159 e. The van der Waals surface area contributed by atoms with Crippen LogP contribution in [0.1, 0.15) is 19.3 Å².